The summed E-state index contributed by atoms with van der Waals surface area (Å²) >= 11 is 0. The number of hydrogen-bond acceptors (Lipinski definition) is 8. The maximum atomic E-state index is 14.9. The van der Waals surface area contributed by atoms with Crippen LogP contribution in [0, 0.1) is 34.5 Å². The van der Waals surface area contributed by atoms with Crippen molar-refractivity contribution < 1.29 is 38.5 Å². The Labute approximate surface area is 254 Å². The number of fused-ring (bicyclic) bond motifs is 3. The van der Waals surface area contributed by atoms with Crippen LogP contribution < -0.4 is 0 Å². The van der Waals surface area contributed by atoms with Crippen LogP contribution in [0.15, 0.2) is 58.2 Å². The Balaban J connectivity index is 1.99. The summed E-state index contributed by atoms with van der Waals surface area (Å²) in [4.78, 5) is 54.3. The first-order valence-electron chi connectivity index (χ1n) is 15.2. The van der Waals surface area contributed by atoms with Crippen LogP contribution >= 0.6 is 0 Å². The zero-order valence-corrected chi connectivity index (χ0v) is 27.1. The second-order valence-electron chi connectivity index (χ2n) is 13.4. The highest BCUT2D eigenvalue weighted by Gasteiger charge is 2.77. The molecule has 8 nitrogen and oxygen atoms in total. The Morgan fingerprint density at radius 1 is 0.930 bits per heavy atom. The van der Waals surface area contributed by atoms with Gasteiger partial charge in [0.25, 0.3) is 0 Å². The lowest BCUT2D eigenvalue weighted by Crippen LogP contribution is -2.66. The first-order valence-corrected chi connectivity index (χ1v) is 15.2. The largest absolute Gasteiger partial charge is 0.458 e. The lowest BCUT2D eigenvalue weighted by atomic mass is 9.59. The van der Waals surface area contributed by atoms with Crippen molar-refractivity contribution in [3.8, 4) is 0 Å². The average Bonchev–Trinajstić information content (AvgIpc) is 3.47. The van der Waals surface area contributed by atoms with Crippen molar-refractivity contribution in [1.29, 1.82) is 0 Å². The standard InChI is InChI=1S/C35H46O8/c1-11-18(4)30(37)41-17-23-15-24-26-25(33(26,9)10)14-22(8)34(27(24)36)16-21(7)28(42-31(38)19(5)12-2)35(34,40)29(23)43-32(39)20(6)13-3/h11-13,15-16,22,24-26,28-29,40H,14,17H2,1-10H3/b18-11-,19-12-,20-13-/t22-,24?,25-,26+,28+,29-,34?,35-/m1/s1. The number of esters is 3. The second kappa shape index (κ2) is 11.3. The third-order valence-electron chi connectivity index (χ3n) is 10.8. The van der Waals surface area contributed by atoms with Crippen LogP contribution in [-0.2, 0) is 33.4 Å². The van der Waals surface area contributed by atoms with Gasteiger partial charge in [-0.15, -0.1) is 0 Å². The summed E-state index contributed by atoms with van der Waals surface area (Å²) in [5.41, 5.74) is -2.05. The van der Waals surface area contributed by atoms with Gasteiger partial charge in [0, 0.05) is 28.2 Å². The van der Waals surface area contributed by atoms with E-state index in [1.807, 2.05) is 6.92 Å². The summed E-state index contributed by atoms with van der Waals surface area (Å²) in [6, 6.07) is 0. The first-order chi connectivity index (χ1) is 20.0. The number of ether oxygens (including phenoxy) is 3. The van der Waals surface area contributed by atoms with E-state index in [1.165, 1.54) is 0 Å². The fourth-order valence-electron chi connectivity index (χ4n) is 7.74. The van der Waals surface area contributed by atoms with Gasteiger partial charge >= 0.3 is 17.9 Å². The van der Waals surface area contributed by atoms with Crippen molar-refractivity contribution >= 4 is 23.7 Å². The zero-order valence-electron chi connectivity index (χ0n) is 27.1. The molecule has 2 unspecified atom stereocenters. The first kappa shape index (κ1) is 32.6. The molecule has 0 aliphatic heterocycles. The molecule has 234 valence electrons. The molecule has 0 amide bonds. The predicted octanol–water partition coefficient (Wildman–Crippen LogP) is 5.37. The van der Waals surface area contributed by atoms with E-state index in [2.05, 4.69) is 13.8 Å². The van der Waals surface area contributed by atoms with Crippen LogP contribution in [0.4, 0.5) is 0 Å². The Kier molecular flexibility index (Phi) is 8.61. The number of carbonyl (C=O) groups is 4. The molecule has 4 aliphatic carbocycles. The molecule has 43 heavy (non-hydrogen) atoms. The van der Waals surface area contributed by atoms with E-state index in [4.69, 9.17) is 14.2 Å². The predicted molar refractivity (Wildman–Crippen MR) is 161 cm³/mol. The Hall–Kier alpha value is -3.26. The Morgan fingerprint density at radius 3 is 1.98 bits per heavy atom. The zero-order chi connectivity index (χ0) is 32.2. The van der Waals surface area contributed by atoms with Gasteiger partial charge in [-0.05, 0) is 83.6 Å². The molecule has 0 radical (unpaired) electrons. The third kappa shape index (κ3) is 4.86. The van der Waals surface area contributed by atoms with E-state index >= 15 is 0 Å². The highest BCUT2D eigenvalue weighted by molar-refractivity contribution is 5.96. The minimum atomic E-state index is -2.20. The molecule has 2 fully saturated rings. The van der Waals surface area contributed by atoms with E-state index in [1.54, 1.807) is 78.8 Å². The van der Waals surface area contributed by atoms with Gasteiger partial charge in [-0.3, -0.25) is 4.79 Å². The monoisotopic (exact) mass is 594 g/mol. The molecule has 2 bridgehead atoms. The van der Waals surface area contributed by atoms with Crippen molar-refractivity contribution in [3.63, 3.8) is 0 Å². The highest BCUT2D eigenvalue weighted by atomic mass is 16.6. The van der Waals surface area contributed by atoms with Crippen LogP contribution in [0.5, 0.6) is 0 Å². The number of ketones is 1. The van der Waals surface area contributed by atoms with E-state index < -0.39 is 47.0 Å². The summed E-state index contributed by atoms with van der Waals surface area (Å²) < 4.78 is 17.8. The van der Waals surface area contributed by atoms with Crippen molar-refractivity contribution in [3.05, 3.63) is 58.2 Å². The molecule has 0 saturated heterocycles. The summed E-state index contributed by atoms with van der Waals surface area (Å²) in [5.74, 6) is -2.92. The number of aliphatic hydroxyl groups is 1. The second-order valence-corrected chi connectivity index (χ2v) is 13.4. The van der Waals surface area contributed by atoms with E-state index in [9.17, 15) is 24.3 Å². The molecule has 1 N–H and O–H groups in total. The van der Waals surface area contributed by atoms with Gasteiger partial charge in [-0.2, -0.15) is 0 Å². The van der Waals surface area contributed by atoms with Crippen LogP contribution in [-0.4, -0.2) is 53.2 Å². The Morgan fingerprint density at radius 2 is 1.44 bits per heavy atom. The molecule has 0 aromatic heterocycles. The molecule has 0 heterocycles. The highest BCUT2D eigenvalue weighted by Crippen LogP contribution is 2.72. The van der Waals surface area contributed by atoms with Crippen LogP contribution in [0.1, 0.15) is 75.7 Å². The summed E-state index contributed by atoms with van der Waals surface area (Å²) in [7, 11) is 0. The smallest absolute Gasteiger partial charge is 0.334 e. The van der Waals surface area contributed by atoms with Crippen LogP contribution in [0.3, 0.4) is 0 Å². The van der Waals surface area contributed by atoms with Gasteiger partial charge in [0.2, 0.25) is 0 Å². The van der Waals surface area contributed by atoms with Gasteiger partial charge in [0.05, 0.1) is 5.41 Å². The van der Waals surface area contributed by atoms with E-state index in [-0.39, 0.29) is 35.6 Å². The van der Waals surface area contributed by atoms with Crippen LogP contribution in [0.2, 0.25) is 0 Å². The quantitative estimate of drug-likeness (QED) is 0.181. The van der Waals surface area contributed by atoms with Crippen molar-refractivity contribution in [2.45, 2.75) is 93.5 Å². The summed E-state index contributed by atoms with van der Waals surface area (Å²) in [5, 5.41) is 13.2. The molecule has 8 atom stereocenters. The van der Waals surface area contributed by atoms with Crippen LogP contribution in [0.25, 0.3) is 0 Å². The molecule has 1 spiro atoms. The van der Waals surface area contributed by atoms with E-state index in [0.29, 0.717) is 34.3 Å². The summed E-state index contributed by atoms with van der Waals surface area (Å²) in [6.07, 6.45) is 6.24. The van der Waals surface area contributed by atoms with Crippen molar-refractivity contribution in [2.24, 2.45) is 34.5 Å². The molecule has 4 rings (SSSR count). The number of allylic oxidation sites excluding steroid dienone is 4. The topological polar surface area (TPSA) is 116 Å². The minimum Gasteiger partial charge on any atom is -0.458 e. The fraction of sp³-hybridized carbons (Fsp3) is 0.600. The molecule has 4 aliphatic rings. The molecule has 0 aromatic carbocycles. The molecular formula is C35H46O8. The number of hydrogen-bond donors (Lipinski definition) is 1. The van der Waals surface area contributed by atoms with Crippen molar-refractivity contribution in [1.82, 2.24) is 0 Å². The minimum absolute atomic E-state index is 0.0126. The normalized spacial score (nSPS) is 36.7. The average molecular weight is 595 g/mol. The molecule has 2 saturated carbocycles. The third-order valence-corrected chi connectivity index (χ3v) is 10.8. The number of Topliss-reactive ketones (excluding diaryl/α,β-unsaturated/α-hetero) is 1. The van der Waals surface area contributed by atoms with Gasteiger partial charge < -0.3 is 19.3 Å². The molecular weight excluding hydrogens is 548 g/mol. The lowest BCUT2D eigenvalue weighted by Gasteiger charge is -2.49. The van der Waals surface area contributed by atoms with Gasteiger partial charge in [0.1, 0.15) is 6.61 Å². The van der Waals surface area contributed by atoms with Crippen molar-refractivity contribution in [2.75, 3.05) is 6.61 Å². The SMILES string of the molecule is C/C=C(/C)C(=O)OCC1=CC2C(=O)C3(C=C(C)[C@H](OC(=O)/C(C)=C\C)[C@@]3(O)[C@@H]1OC(=O)/C(C)=C\C)[C@H](C)C[C@@H]1[C@H]2C1(C)C. The molecule has 0 aromatic rings. The summed E-state index contributed by atoms with van der Waals surface area (Å²) in [6.45, 7) is 17.6. The number of rotatable bonds is 7. The fourth-order valence-corrected chi connectivity index (χ4v) is 7.74. The molecule has 8 heteroatoms. The maximum Gasteiger partial charge on any atom is 0.334 e. The van der Waals surface area contributed by atoms with Gasteiger partial charge in [-0.1, -0.05) is 51.2 Å². The number of carbonyl (C=O) groups excluding carboxylic acids is 4. The Bertz CT molecular complexity index is 1390. The van der Waals surface area contributed by atoms with Gasteiger partial charge in [-0.25, -0.2) is 14.4 Å². The van der Waals surface area contributed by atoms with E-state index in [0.717, 1.165) is 0 Å². The maximum absolute atomic E-state index is 14.9. The lowest BCUT2D eigenvalue weighted by molar-refractivity contribution is -0.210. The van der Waals surface area contributed by atoms with Gasteiger partial charge in [0.15, 0.2) is 23.6 Å².